The smallest absolute Gasteiger partial charge is 0.242 e. The molecule has 0 aliphatic carbocycles. The third kappa shape index (κ3) is 4.10. The molecule has 3 nitrogen and oxygen atoms in total. The van der Waals surface area contributed by atoms with Gasteiger partial charge < -0.3 is 10.2 Å². The number of amides is 1. The van der Waals surface area contributed by atoms with Crippen molar-refractivity contribution in [3.05, 3.63) is 34.3 Å². The van der Waals surface area contributed by atoms with Crippen LogP contribution in [0.1, 0.15) is 19.4 Å². The third-order valence-corrected chi connectivity index (χ3v) is 3.62. The molecular formula is C14H21BrN2O. The van der Waals surface area contributed by atoms with E-state index in [9.17, 15) is 4.79 Å². The molecule has 0 atom stereocenters. The molecule has 1 rings (SSSR count). The second-order valence-corrected chi connectivity index (χ2v) is 5.90. The lowest BCUT2D eigenvalue weighted by atomic mass is 10.0. The Morgan fingerprint density at radius 2 is 2.11 bits per heavy atom. The molecule has 0 saturated carbocycles. The lowest BCUT2D eigenvalue weighted by molar-refractivity contribution is -0.135. The van der Waals surface area contributed by atoms with Gasteiger partial charge in [-0.3, -0.25) is 4.79 Å². The van der Waals surface area contributed by atoms with E-state index in [1.54, 1.807) is 11.9 Å². The van der Waals surface area contributed by atoms with Crippen LogP contribution < -0.4 is 5.32 Å². The van der Waals surface area contributed by atoms with Crippen molar-refractivity contribution in [2.45, 2.75) is 25.8 Å². The molecule has 0 saturated heterocycles. The largest absolute Gasteiger partial charge is 0.344 e. The van der Waals surface area contributed by atoms with Gasteiger partial charge in [0.25, 0.3) is 0 Å². The fourth-order valence-corrected chi connectivity index (χ4v) is 2.12. The highest BCUT2D eigenvalue weighted by Gasteiger charge is 2.27. The summed E-state index contributed by atoms with van der Waals surface area (Å²) in [5, 5.41) is 3.03. The number of nitrogens with one attached hydrogen (secondary N) is 1. The molecule has 0 fully saturated rings. The Morgan fingerprint density at radius 1 is 1.44 bits per heavy atom. The number of hydrogen-bond donors (Lipinski definition) is 1. The van der Waals surface area contributed by atoms with Gasteiger partial charge in [-0.1, -0.05) is 28.1 Å². The van der Waals surface area contributed by atoms with Crippen molar-refractivity contribution >= 4 is 21.8 Å². The van der Waals surface area contributed by atoms with Gasteiger partial charge in [0.1, 0.15) is 0 Å². The summed E-state index contributed by atoms with van der Waals surface area (Å²) < 4.78 is 1.07. The topological polar surface area (TPSA) is 32.3 Å². The minimum absolute atomic E-state index is 0.111. The predicted octanol–water partition coefficient (Wildman–Crippen LogP) is 2.45. The third-order valence-electron chi connectivity index (χ3n) is 3.13. The Kier molecular flexibility index (Phi) is 5.35. The van der Waals surface area contributed by atoms with Crippen LogP contribution in [0.15, 0.2) is 28.7 Å². The van der Waals surface area contributed by atoms with Gasteiger partial charge in [-0.2, -0.15) is 0 Å². The van der Waals surface area contributed by atoms with E-state index in [0.717, 1.165) is 17.4 Å². The molecule has 18 heavy (non-hydrogen) atoms. The molecule has 1 aromatic rings. The lowest BCUT2D eigenvalue weighted by Gasteiger charge is -2.29. The van der Waals surface area contributed by atoms with Crippen LogP contribution >= 0.6 is 15.9 Å². The van der Waals surface area contributed by atoms with Crippen LogP contribution in [0.5, 0.6) is 0 Å². The number of rotatable bonds is 5. The summed E-state index contributed by atoms with van der Waals surface area (Å²) in [7, 11) is 3.65. The van der Waals surface area contributed by atoms with E-state index < -0.39 is 5.54 Å². The molecule has 1 aromatic carbocycles. The molecule has 1 N–H and O–H groups in total. The molecule has 1 amide bonds. The number of hydrogen-bond acceptors (Lipinski definition) is 2. The zero-order chi connectivity index (χ0) is 13.8. The van der Waals surface area contributed by atoms with Crippen molar-refractivity contribution in [1.82, 2.24) is 10.2 Å². The Hall–Kier alpha value is -0.870. The average Bonchev–Trinajstić information content (AvgIpc) is 2.35. The van der Waals surface area contributed by atoms with Crippen molar-refractivity contribution < 1.29 is 4.79 Å². The van der Waals surface area contributed by atoms with E-state index in [1.807, 2.05) is 33.0 Å². The van der Waals surface area contributed by atoms with E-state index >= 15 is 0 Å². The molecule has 0 aromatic heterocycles. The van der Waals surface area contributed by atoms with Gasteiger partial charge in [-0.05, 0) is 45.0 Å². The van der Waals surface area contributed by atoms with E-state index in [2.05, 4.69) is 33.4 Å². The minimum atomic E-state index is -0.508. The minimum Gasteiger partial charge on any atom is -0.344 e. The highest BCUT2D eigenvalue weighted by molar-refractivity contribution is 9.10. The molecule has 4 heteroatoms. The van der Waals surface area contributed by atoms with Crippen LogP contribution in [0.25, 0.3) is 0 Å². The van der Waals surface area contributed by atoms with E-state index in [1.165, 1.54) is 5.56 Å². The fraction of sp³-hybridized carbons (Fsp3) is 0.500. The maximum absolute atomic E-state index is 12.1. The Bertz CT molecular complexity index is 418. The standard InChI is InChI=1S/C14H21BrN2O/c1-14(2,16-3)13(18)17(4)9-8-11-6-5-7-12(15)10-11/h5-7,10,16H,8-9H2,1-4H3. The molecule has 0 bridgehead atoms. The van der Waals surface area contributed by atoms with Crippen molar-refractivity contribution in [1.29, 1.82) is 0 Å². The van der Waals surface area contributed by atoms with Crippen LogP contribution in [0, 0.1) is 0 Å². The summed E-state index contributed by atoms with van der Waals surface area (Å²) in [4.78, 5) is 13.9. The summed E-state index contributed by atoms with van der Waals surface area (Å²) in [6.45, 7) is 4.51. The van der Waals surface area contributed by atoms with E-state index in [4.69, 9.17) is 0 Å². The van der Waals surface area contributed by atoms with Gasteiger partial charge in [0.15, 0.2) is 0 Å². The summed E-state index contributed by atoms with van der Waals surface area (Å²) in [6.07, 6.45) is 0.863. The summed E-state index contributed by atoms with van der Waals surface area (Å²) >= 11 is 3.45. The summed E-state index contributed by atoms with van der Waals surface area (Å²) in [5.74, 6) is 0.111. The maximum Gasteiger partial charge on any atom is 0.242 e. The highest BCUT2D eigenvalue weighted by Crippen LogP contribution is 2.13. The van der Waals surface area contributed by atoms with E-state index in [0.29, 0.717) is 0 Å². The zero-order valence-corrected chi connectivity index (χ0v) is 13.0. The number of likely N-dealkylation sites (N-methyl/N-ethyl adjacent to an activating group) is 2. The van der Waals surface area contributed by atoms with Gasteiger partial charge in [-0.25, -0.2) is 0 Å². The summed E-state index contributed by atoms with van der Waals surface area (Å²) in [5.41, 5.74) is 0.720. The Morgan fingerprint density at radius 3 is 2.67 bits per heavy atom. The lowest BCUT2D eigenvalue weighted by Crippen LogP contribution is -2.52. The first-order valence-electron chi connectivity index (χ1n) is 6.06. The quantitative estimate of drug-likeness (QED) is 0.905. The molecule has 0 aliphatic heterocycles. The molecule has 0 unspecified atom stereocenters. The van der Waals surface area contributed by atoms with Crippen LogP contribution in [0.3, 0.4) is 0 Å². The number of benzene rings is 1. The number of nitrogens with zero attached hydrogens (tertiary/aromatic N) is 1. The van der Waals surface area contributed by atoms with Crippen LogP contribution in [0.4, 0.5) is 0 Å². The molecule has 0 heterocycles. The van der Waals surface area contributed by atoms with Gasteiger partial charge >= 0.3 is 0 Å². The molecule has 0 spiro atoms. The van der Waals surface area contributed by atoms with Gasteiger partial charge in [0, 0.05) is 18.1 Å². The number of carbonyl (C=O) groups excluding carboxylic acids is 1. The first-order chi connectivity index (χ1) is 8.36. The monoisotopic (exact) mass is 312 g/mol. The SMILES string of the molecule is CNC(C)(C)C(=O)N(C)CCc1cccc(Br)c1. The maximum atomic E-state index is 12.1. The normalized spacial score (nSPS) is 11.4. The number of halogens is 1. The van der Waals surface area contributed by atoms with Crippen LogP contribution in [-0.4, -0.2) is 37.0 Å². The van der Waals surface area contributed by atoms with Gasteiger partial charge in [-0.15, -0.1) is 0 Å². The van der Waals surface area contributed by atoms with Crippen molar-refractivity contribution in [3.63, 3.8) is 0 Å². The van der Waals surface area contributed by atoms with E-state index in [-0.39, 0.29) is 5.91 Å². The Labute approximate surface area is 118 Å². The molecule has 0 aliphatic rings. The average molecular weight is 313 g/mol. The first-order valence-corrected chi connectivity index (χ1v) is 6.85. The second kappa shape index (κ2) is 6.34. The van der Waals surface area contributed by atoms with Crippen molar-refractivity contribution in [2.24, 2.45) is 0 Å². The first kappa shape index (κ1) is 15.2. The predicted molar refractivity (Wildman–Crippen MR) is 78.6 cm³/mol. The van der Waals surface area contributed by atoms with Crippen molar-refractivity contribution in [3.8, 4) is 0 Å². The molecule has 100 valence electrons. The highest BCUT2D eigenvalue weighted by atomic mass is 79.9. The van der Waals surface area contributed by atoms with Crippen LogP contribution in [-0.2, 0) is 11.2 Å². The second-order valence-electron chi connectivity index (χ2n) is 4.98. The summed E-state index contributed by atoms with van der Waals surface area (Å²) in [6, 6.07) is 8.18. The Balaban J connectivity index is 2.56. The van der Waals surface area contributed by atoms with Gasteiger partial charge in [0.05, 0.1) is 5.54 Å². The van der Waals surface area contributed by atoms with Crippen molar-refractivity contribution in [2.75, 3.05) is 20.6 Å². The van der Waals surface area contributed by atoms with Crippen LogP contribution in [0.2, 0.25) is 0 Å². The molecule has 0 radical (unpaired) electrons. The number of carbonyl (C=O) groups is 1. The zero-order valence-electron chi connectivity index (χ0n) is 11.5. The molecular weight excluding hydrogens is 292 g/mol. The fourth-order valence-electron chi connectivity index (χ4n) is 1.67. The van der Waals surface area contributed by atoms with Gasteiger partial charge in [0.2, 0.25) is 5.91 Å².